The number of nitrogens with one attached hydrogen (secondary N) is 1. The number of nitro groups is 1. The lowest BCUT2D eigenvalue weighted by Crippen LogP contribution is -2.40. The van der Waals surface area contributed by atoms with E-state index in [9.17, 15) is 19.7 Å². The molecule has 0 spiro atoms. The highest BCUT2D eigenvalue weighted by Gasteiger charge is 2.32. The second-order valence-electron chi connectivity index (χ2n) is 10.4. The molecule has 1 aliphatic rings. The molecule has 5 aromatic rings. The molecule has 0 saturated heterocycles. The smallest absolute Gasteiger partial charge is 0.280 e. The van der Waals surface area contributed by atoms with Crippen molar-refractivity contribution in [2.75, 3.05) is 11.9 Å². The monoisotopic (exact) mass is 620 g/mol. The normalized spacial score (nSPS) is 14.6. The van der Waals surface area contributed by atoms with E-state index in [1.165, 1.54) is 22.0 Å². The first-order valence-electron chi connectivity index (χ1n) is 14.2. The molecule has 45 heavy (non-hydrogen) atoms. The van der Waals surface area contributed by atoms with Crippen molar-refractivity contribution < 1.29 is 18.9 Å². The zero-order valence-corrected chi connectivity index (χ0v) is 25.5. The van der Waals surface area contributed by atoms with Crippen LogP contribution in [0.5, 0.6) is 5.75 Å². The number of nitro benzene ring substituents is 1. The van der Waals surface area contributed by atoms with Crippen LogP contribution in [0.25, 0.3) is 17.4 Å². The third-order valence-electron chi connectivity index (χ3n) is 7.32. The van der Waals surface area contributed by atoms with E-state index < -0.39 is 11.0 Å². The van der Waals surface area contributed by atoms with Crippen LogP contribution in [0.2, 0.25) is 0 Å². The quantitative estimate of drug-likeness (QED) is 0.174. The van der Waals surface area contributed by atoms with E-state index in [1.807, 2.05) is 49.4 Å². The van der Waals surface area contributed by atoms with Gasteiger partial charge in [0.1, 0.15) is 17.3 Å². The van der Waals surface area contributed by atoms with Crippen molar-refractivity contribution in [3.05, 3.63) is 143 Å². The molecule has 0 bridgehead atoms. The minimum absolute atomic E-state index is 0.0672. The molecule has 10 nitrogen and oxygen atoms in total. The number of ether oxygens (including phenoxy) is 1. The van der Waals surface area contributed by atoms with Gasteiger partial charge in [-0.2, -0.15) is 0 Å². The summed E-state index contributed by atoms with van der Waals surface area (Å²) in [5.74, 6) is 0.960. The highest BCUT2D eigenvalue weighted by molar-refractivity contribution is 7.07. The van der Waals surface area contributed by atoms with Crippen molar-refractivity contribution in [2.45, 2.75) is 26.8 Å². The van der Waals surface area contributed by atoms with Gasteiger partial charge in [-0.3, -0.25) is 24.3 Å². The Morgan fingerprint density at radius 1 is 1.09 bits per heavy atom. The van der Waals surface area contributed by atoms with Crippen LogP contribution in [0, 0.1) is 17.0 Å². The maximum Gasteiger partial charge on any atom is 0.280 e. The topological polar surface area (TPSA) is 129 Å². The standard InChI is InChI=1S/C34H28N4O6S/c1-4-43-24-13-11-22(12-14-24)31-30(32(39)36-23-8-6-5-7-9-23)21(3)35-34-37(31)33(40)29(45-34)19-25-15-17-28(44-25)26-16-10-20(2)18-27(26)38(41)42/h5-19,31H,4H2,1-3H3,(H,36,39)/b29-19-/t31-/m0/s1. The minimum Gasteiger partial charge on any atom is -0.494 e. The highest BCUT2D eigenvalue weighted by Crippen LogP contribution is 2.33. The Kier molecular flexibility index (Phi) is 8.01. The zero-order valence-electron chi connectivity index (χ0n) is 24.6. The van der Waals surface area contributed by atoms with Crippen LogP contribution >= 0.6 is 11.3 Å². The number of allylic oxidation sites excluding steroid dienone is 1. The maximum absolute atomic E-state index is 14.0. The van der Waals surface area contributed by atoms with Gasteiger partial charge in [0, 0.05) is 17.8 Å². The Balaban J connectivity index is 1.44. The molecule has 1 N–H and O–H groups in total. The third-order valence-corrected chi connectivity index (χ3v) is 8.30. The number of hydrogen-bond donors (Lipinski definition) is 1. The first-order valence-corrected chi connectivity index (χ1v) is 15.0. The first-order chi connectivity index (χ1) is 21.7. The van der Waals surface area contributed by atoms with Gasteiger partial charge >= 0.3 is 0 Å². The maximum atomic E-state index is 14.0. The van der Waals surface area contributed by atoms with E-state index in [2.05, 4.69) is 10.3 Å². The van der Waals surface area contributed by atoms with E-state index in [0.717, 1.165) is 5.56 Å². The molecule has 0 radical (unpaired) electrons. The molecular weight excluding hydrogens is 592 g/mol. The van der Waals surface area contributed by atoms with E-state index in [-0.39, 0.29) is 17.2 Å². The highest BCUT2D eigenvalue weighted by atomic mass is 32.1. The van der Waals surface area contributed by atoms with Gasteiger partial charge in [0.2, 0.25) is 0 Å². The van der Waals surface area contributed by atoms with Crippen LogP contribution in [0.1, 0.15) is 36.8 Å². The van der Waals surface area contributed by atoms with Crippen LogP contribution in [-0.2, 0) is 4.79 Å². The number of fused-ring (bicyclic) bond motifs is 1. The molecular formula is C34H28N4O6S. The average Bonchev–Trinajstić information content (AvgIpc) is 3.61. The lowest BCUT2D eigenvalue weighted by Gasteiger charge is -2.25. The van der Waals surface area contributed by atoms with Gasteiger partial charge in [0.25, 0.3) is 17.2 Å². The number of amides is 1. The Labute approximate surface area is 261 Å². The van der Waals surface area contributed by atoms with Crippen molar-refractivity contribution >= 4 is 34.7 Å². The number of nitrogens with zero attached hydrogens (tertiary/aromatic N) is 3. The van der Waals surface area contributed by atoms with Crippen LogP contribution < -0.4 is 24.9 Å². The number of hydrogen-bond acceptors (Lipinski definition) is 8. The zero-order chi connectivity index (χ0) is 31.7. The molecule has 1 amide bonds. The van der Waals surface area contributed by atoms with Gasteiger partial charge in [-0.25, -0.2) is 4.99 Å². The molecule has 3 heterocycles. The van der Waals surface area contributed by atoms with Gasteiger partial charge in [-0.15, -0.1) is 0 Å². The number of carbonyl (C=O) groups is 1. The summed E-state index contributed by atoms with van der Waals surface area (Å²) in [4.78, 5) is 44.1. The van der Waals surface area contributed by atoms with Crippen LogP contribution in [0.15, 0.2) is 110 Å². The summed E-state index contributed by atoms with van der Waals surface area (Å²) >= 11 is 1.17. The Morgan fingerprint density at radius 3 is 2.56 bits per heavy atom. The van der Waals surface area contributed by atoms with Gasteiger partial charge in [0.15, 0.2) is 4.80 Å². The molecule has 11 heteroatoms. The van der Waals surface area contributed by atoms with E-state index in [1.54, 1.807) is 56.3 Å². The third kappa shape index (κ3) is 5.85. The molecule has 226 valence electrons. The van der Waals surface area contributed by atoms with Gasteiger partial charge in [-0.05, 0) is 74.4 Å². The Hall–Kier alpha value is -5.55. The number of aryl methyl sites for hydroxylation is 1. The van der Waals surface area contributed by atoms with Crippen molar-refractivity contribution in [1.82, 2.24) is 4.57 Å². The van der Waals surface area contributed by atoms with Crippen molar-refractivity contribution in [2.24, 2.45) is 4.99 Å². The fraction of sp³-hybridized carbons (Fsp3) is 0.147. The lowest BCUT2D eigenvalue weighted by atomic mass is 9.95. The summed E-state index contributed by atoms with van der Waals surface area (Å²) in [6, 6.07) is 23.8. The Morgan fingerprint density at radius 2 is 1.84 bits per heavy atom. The van der Waals surface area contributed by atoms with Gasteiger partial charge < -0.3 is 14.5 Å². The molecule has 3 aromatic carbocycles. The molecule has 0 fully saturated rings. The van der Waals surface area contributed by atoms with Crippen LogP contribution in [-0.4, -0.2) is 22.0 Å². The van der Waals surface area contributed by atoms with Crippen LogP contribution in [0.3, 0.4) is 0 Å². The lowest BCUT2D eigenvalue weighted by molar-refractivity contribution is -0.384. The number of rotatable bonds is 8. The summed E-state index contributed by atoms with van der Waals surface area (Å²) in [5, 5.41) is 14.6. The van der Waals surface area contributed by atoms with E-state index in [4.69, 9.17) is 9.15 Å². The number of furan rings is 1. The number of para-hydroxylation sites is 1. The molecule has 0 unspecified atom stereocenters. The number of benzene rings is 3. The summed E-state index contributed by atoms with van der Waals surface area (Å²) in [6.45, 7) is 5.94. The first kappa shape index (κ1) is 29.5. The number of aromatic nitrogens is 1. The molecule has 6 rings (SSSR count). The summed E-state index contributed by atoms with van der Waals surface area (Å²) in [7, 11) is 0. The predicted molar refractivity (Wildman–Crippen MR) is 172 cm³/mol. The second kappa shape index (κ2) is 12.2. The Bertz CT molecular complexity index is 2140. The average molecular weight is 621 g/mol. The fourth-order valence-electron chi connectivity index (χ4n) is 5.27. The van der Waals surface area contributed by atoms with Crippen molar-refractivity contribution in [1.29, 1.82) is 0 Å². The van der Waals surface area contributed by atoms with Gasteiger partial charge in [0.05, 0.1) is 38.9 Å². The molecule has 1 aliphatic heterocycles. The summed E-state index contributed by atoms with van der Waals surface area (Å²) < 4.78 is 13.4. The van der Waals surface area contributed by atoms with Crippen molar-refractivity contribution in [3.63, 3.8) is 0 Å². The largest absolute Gasteiger partial charge is 0.494 e. The number of anilines is 1. The number of carbonyl (C=O) groups excluding carboxylic acids is 1. The van der Waals surface area contributed by atoms with Crippen molar-refractivity contribution in [3.8, 4) is 17.1 Å². The summed E-state index contributed by atoms with van der Waals surface area (Å²) in [5.41, 5.74) is 2.84. The van der Waals surface area contributed by atoms with E-state index in [0.29, 0.717) is 61.3 Å². The second-order valence-corrected chi connectivity index (χ2v) is 11.4. The molecule has 1 atom stereocenters. The number of thiazole rings is 1. The SMILES string of the molecule is CCOc1ccc([C@H]2C(C(=O)Nc3ccccc3)=C(C)N=c3s/c(=C\c4ccc(-c5ccc(C)cc5[N+](=O)[O-])o4)c(=O)n32)cc1. The predicted octanol–water partition coefficient (Wildman–Crippen LogP) is 5.75. The van der Waals surface area contributed by atoms with E-state index >= 15 is 0 Å². The molecule has 0 aliphatic carbocycles. The molecule has 2 aromatic heterocycles. The van der Waals surface area contributed by atoms with Gasteiger partial charge in [-0.1, -0.05) is 47.7 Å². The minimum atomic E-state index is -0.759. The summed E-state index contributed by atoms with van der Waals surface area (Å²) in [6.07, 6.45) is 1.59. The van der Waals surface area contributed by atoms with Crippen LogP contribution in [0.4, 0.5) is 11.4 Å². The fourth-order valence-corrected chi connectivity index (χ4v) is 6.29. The molecule has 0 saturated carbocycles.